The molecule has 4 heterocycles. The Hall–Kier alpha value is -5.68. The van der Waals surface area contributed by atoms with Gasteiger partial charge in [-0.05, 0) is 87.7 Å². The van der Waals surface area contributed by atoms with Crippen LogP contribution in [0.25, 0.3) is 10.8 Å². The predicted octanol–water partition coefficient (Wildman–Crippen LogP) is 4.37. The third-order valence-corrected chi connectivity index (χ3v) is 12.0. The van der Waals surface area contributed by atoms with Crippen LogP contribution in [-0.2, 0) is 33.1 Å². The molecule has 0 saturated carbocycles. The smallest absolute Gasteiger partial charge is 0.347 e. The maximum Gasteiger partial charge on any atom is 0.347 e. The molecule has 0 unspecified atom stereocenters. The number of benzene rings is 3. The first-order valence-corrected chi connectivity index (χ1v) is 22.8. The van der Waals surface area contributed by atoms with E-state index in [2.05, 4.69) is 72.3 Å². The van der Waals surface area contributed by atoms with Crippen LogP contribution in [0.3, 0.4) is 0 Å². The first kappa shape index (κ1) is 47.8. The van der Waals surface area contributed by atoms with Crippen molar-refractivity contribution in [1.29, 1.82) is 0 Å². The monoisotopic (exact) mass is 885 g/mol. The lowest BCUT2D eigenvalue weighted by Crippen LogP contribution is -2.46. The quantitative estimate of drug-likeness (QED) is 0.103. The molecule has 7 rings (SSSR count). The average Bonchev–Trinajstić information content (AvgIpc) is 3.32. The molecule has 64 heavy (non-hydrogen) atoms. The van der Waals surface area contributed by atoms with Crippen molar-refractivity contribution in [3.63, 3.8) is 0 Å². The Balaban J connectivity index is 0.000000214. The highest BCUT2D eigenvalue weighted by atomic mass is 18.2. The van der Waals surface area contributed by atoms with Gasteiger partial charge in [-0.25, -0.2) is 19.0 Å². The number of alkyl halides is 2. The number of piperazine rings is 2. The summed E-state index contributed by atoms with van der Waals surface area (Å²) in [6.45, 7) is 12.5. The van der Waals surface area contributed by atoms with Gasteiger partial charge in [0.25, 0.3) is 11.1 Å². The molecule has 17 heteroatoms. The summed E-state index contributed by atoms with van der Waals surface area (Å²) < 4.78 is 35.9. The largest absolute Gasteiger partial charge is 0.491 e. The van der Waals surface area contributed by atoms with E-state index in [0.29, 0.717) is 39.1 Å². The van der Waals surface area contributed by atoms with Crippen LogP contribution >= 0.6 is 0 Å². The van der Waals surface area contributed by atoms with Crippen LogP contribution in [0.4, 0.5) is 20.2 Å². The van der Waals surface area contributed by atoms with Gasteiger partial charge in [0, 0.05) is 96.5 Å². The third kappa shape index (κ3) is 13.0. The zero-order chi connectivity index (χ0) is 45.3. The summed E-state index contributed by atoms with van der Waals surface area (Å²) in [5, 5.41) is 10.4. The van der Waals surface area contributed by atoms with Crippen LogP contribution in [0.5, 0.6) is 5.75 Å². The molecule has 0 bridgehead atoms. The number of anilines is 2. The van der Waals surface area contributed by atoms with Gasteiger partial charge >= 0.3 is 11.4 Å². The second-order valence-corrected chi connectivity index (χ2v) is 16.3. The van der Waals surface area contributed by atoms with Gasteiger partial charge in [-0.3, -0.25) is 37.3 Å². The second-order valence-electron chi connectivity index (χ2n) is 16.3. The lowest BCUT2D eigenvalue weighted by Gasteiger charge is -2.37. The van der Waals surface area contributed by atoms with E-state index in [4.69, 9.17) is 4.74 Å². The number of hydrogen-bond acceptors (Lipinski definition) is 11. The highest BCUT2D eigenvalue weighted by Crippen LogP contribution is 2.31. The Morgan fingerprint density at radius 1 is 0.609 bits per heavy atom. The molecule has 0 radical (unpaired) electrons. The fourth-order valence-corrected chi connectivity index (χ4v) is 8.32. The van der Waals surface area contributed by atoms with Gasteiger partial charge in [-0.2, -0.15) is 10.2 Å². The van der Waals surface area contributed by atoms with E-state index in [1.807, 2.05) is 18.2 Å². The number of rotatable bonds is 20. The molecule has 346 valence electrons. The summed E-state index contributed by atoms with van der Waals surface area (Å²) >= 11 is 0. The van der Waals surface area contributed by atoms with Crippen molar-refractivity contribution in [3.05, 3.63) is 120 Å². The van der Waals surface area contributed by atoms with Crippen molar-refractivity contribution in [3.8, 4) is 5.75 Å². The molecule has 5 aromatic rings. The van der Waals surface area contributed by atoms with Crippen LogP contribution < -0.4 is 37.0 Å². The Morgan fingerprint density at radius 2 is 1.17 bits per heavy atom. The maximum absolute atomic E-state index is 12.7. The zero-order valence-corrected chi connectivity index (χ0v) is 37.5. The number of halogens is 2. The number of fused-ring (bicyclic) bond motifs is 1. The summed E-state index contributed by atoms with van der Waals surface area (Å²) in [5.41, 5.74) is 2.09. The highest BCUT2D eigenvalue weighted by molar-refractivity contribution is 5.95. The van der Waals surface area contributed by atoms with E-state index < -0.39 is 0 Å². The van der Waals surface area contributed by atoms with Crippen molar-refractivity contribution in [1.82, 2.24) is 38.5 Å². The fraction of sp³-hybridized carbons (Fsp3) is 0.532. The number of ether oxygens (including phenoxy) is 1. The Bertz CT molecular complexity index is 2470. The minimum absolute atomic E-state index is 0.284. The van der Waals surface area contributed by atoms with Crippen molar-refractivity contribution in [2.45, 2.75) is 71.5 Å². The van der Waals surface area contributed by atoms with Crippen molar-refractivity contribution >= 4 is 22.1 Å². The first-order valence-electron chi connectivity index (χ1n) is 22.8. The molecule has 2 aliphatic heterocycles. The lowest BCUT2D eigenvalue weighted by atomic mass is 10.0. The molecule has 0 N–H and O–H groups in total. The Morgan fingerprint density at radius 3 is 1.81 bits per heavy atom. The molecule has 2 aliphatic rings. The molecule has 0 amide bonds. The van der Waals surface area contributed by atoms with E-state index in [9.17, 15) is 28.0 Å². The summed E-state index contributed by atoms with van der Waals surface area (Å²) in [7, 11) is 1.46. The van der Waals surface area contributed by atoms with Crippen molar-refractivity contribution < 1.29 is 13.5 Å². The van der Waals surface area contributed by atoms with E-state index in [-0.39, 0.29) is 35.8 Å². The third-order valence-electron chi connectivity index (χ3n) is 12.0. The molecule has 2 aromatic heterocycles. The standard InChI is InChI=1S/C26H34FN5O2.C21H30FN5O3/c1-2-31-25(33)20-28-32(26(31)34)13-6-5-12-29-14-16-30(17-15-29)24-19-21(8-7-11-27)18-22-9-3-4-10-23(22)24;1-24-20(28)17-23-27(21(24)29)11-5-4-10-25-12-14-26(15-13-25)18-7-2-3-8-19(18)30-16-6-9-22/h3-4,9-10,18-20H,2,5-8,11-17H2,1H3;2-3,7-8,17H,4-6,9-16H2,1H3/i27-1;22-1. The van der Waals surface area contributed by atoms with E-state index in [1.54, 1.807) is 6.92 Å². The normalized spacial score (nSPS) is 14.8. The van der Waals surface area contributed by atoms with Gasteiger partial charge in [-0.15, -0.1) is 0 Å². The van der Waals surface area contributed by atoms with Gasteiger partial charge in [0.2, 0.25) is 0 Å². The van der Waals surface area contributed by atoms with Gasteiger partial charge in [-0.1, -0.05) is 42.5 Å². The summed E-state index contributed by atoms with van der Waals surface area (Å²) in [6, 6.07) is 20.8. The maximum atomic E-state index is 12.7. The van der Waals surface area contributed by atoms with Crippen LogP contribution in [0.15, 0.2) is 92.2 Å². The van der Waals surface area contributed by atoms with Crippen LogP contribution in [0.1, 0.15) is 51.0 Å². The fourth-order valence-electron chi connectivity index (χ4n) is 8.32. The molecule has 2 fully saturated rings. The molecular weight excluding hydrogens is 821 g/mol. The predicted molar refractivity (Wildman–Crippen MR) is 249 cm³/mol. The highest BCUT2D eigenvalue weighted by Gasteiger charge is 2.21. The number of nitrogens with zero attached hydrogens (tertiary/aromatic N) is 10. The van der Waals surface area contributed by atoms with Crippen LogP contribution in [0.2, 0.25) is 0 Å². The molecular formula is C47H64F2N10O5. The van der Waals surface area contributed by atoms with Crippen LogP contribution in [-0.4, -0.2) is 124 Å². The molecule has 15 nitrogen and oxygen atoms in total. The molecule has 0 aliphatic carbocycles. The zero-order valence-electron chi connectivity index (χ0n) is 37.5. The number of unbranched alkanes of at least 4 members (excludes halogenated alkanes) is 2. The first-order chi connectivity index (χ1) is 31.2. The van der Waals surface area contributed by atoms with Crippen molar-refractivity contribution in [2.24, 2.45) is 7.05 Å². The van der Waals surface area contributed by atoms with E-state index >= 15 is 0 Å². The minimum atomic E-state index is -0.386. The molecule has 2 saturated heterocycles. The van der Waals surface area contributed by atoms with Gasteiger partial charge in [0.1, 0.15) is 18.1 Å². The second kappa shape index (κ2) is 24.4. The average molecular weight is 885 g/mol. The Kier molecular flexibility index (Phi) is 18.2. The molecule has 0 spiro atoms. The topological polar surface area (TPSA) is 136 Å². The van der Waals surface area contributed by atoms with Gasteiger partial charge < -0.3 is 14.5 Å². The van der Waals surface area contributed by atoms with Crippen molar-refractivity contribution in [2.75, 3.05) is 95.2 Å². The van der Waals surface area contributed by atoms with Crippen LogP contribution in [0, 0.1) is 0 Å². The number of aryl methyl sites for hydroxylation is 3. The number of hydrogen-bond donors (Lipinski definition) is 0. The van der Waals surface area contributed by atoms with E-state index in [1.165, 1.54) is 55.4 Å². The SMILES string of the molecule is CCn1c(=O)cnn(CCCCN2CCN(c3cc(CCC[18F])cc4ccccc34)CC2)c1=O.Cn1c(=O)cnn(CCCCN2CCN(c3ccccc3OCCC[18F])CC2)c1=O. The van der Waals surface area contributed by atoms with Gasteiger partial charge in [0.15, 0.2) is 0 Å². The lowest BCUT2D eigenvalue weighted by molar-refractivity contribution is 0.248. The summed E-state index contributed by atoms with van der Waals surface area (Å²) in [4.78, 5) is 57.0. The summed E-state index contributed by atoms with van der Waals surface area (Å²) in [6.07, 6.45) is 7.74. The minimum Gasteiger partial charge on any atom is -0.491 e. The number of para-hydroxylation sites is 2. The van der Waals surface area contributed by atoms with E-state index in [0.717, 1.165) is 114 Å². The Labute approximate surface area is 373 Å². The molecule has 0 atom stereocenters. The summed E-state index contributed by atoms with van der Waals surface area (Å²) in [5.74, 6) is 0.814. The molecule has 3 aromatic carbocycles. The number of aromatic nitrogens is 6. The van der Waals surface area contributed by atoms with Gasteiger partial charge in [0.05, 0.1) is 25.6 Å².